The zero-order valence-corrected chi connectivity index (χ0v) is 11.2. The quantitative estimate of drug-likeness (QED) is 0.589. The van der Waals surface area contributed by atoms with Crippen LogP contribution in [0.15, 0.2) is 23.2 Å². The molecule has 0 atom stereocenters. The summed E-state index contributed by atoms with van der Waals surface area (Å²) in [5.41, 5.74) is 2.37. The SMILES string of the molecule is CCN(CC1CC1)S(=O)(=O)c1ccc(NN)nc1. The van der Waals surface area contributed by atoms with E-state index in [0.717, 1.165) is 12.8 Å². The average Bonchev–Trinajstić information content (AvgIpc) is 3.19. The van der Waals surface area contributed by atoms with Crippen LogP contribution in [0.3, 0.4) is 0 Å². The highest BCUT2D eigenvalue weighted by Crippen LogP contribution is 2.31. The Bertz CT molecular complexity index is 496. The zero-order valence-electron chi connectivity index (χ0n) is 10.3. The van der Waals surface area contributed by atoms with Crippen molar-refractivity contribution in [3.05, 3.63) is 18.3 Å². The van der Waals surface area contributed by atoms with Crippen LogP contribution in [-0.2, 0) is 10.0 Å². The van der Waals surface area contributed by atoms with Gasteiger partial charge in [-0.3, -0.25) is 0 Å². The highest BCUT2D eigenvalue weighted by molar-refractivity contribution is 7.89. The van der Waals surface area contributed by atoms with Gasteiger partial charge in [0, 0.05) is 19.3 Å². The monoisotopic (exact) mass is 270 g/mol. The van der Waals surface area contributed by atoms with Gasteiger partial charge in [-0.2, -0.15) is 4.31 Å². The van der Waals surface area contributed by atoms with Crippen molar-refractivity contribution < 1.29 is 8.42 Å². The summed E-state index contributed by atoms with van der Waals surface area (Å²) in [6.07, 6.45) is 3.58. The number of hydrogen-bond acceptors (Lipinski definition) is 5. The smallest absolute Gasteiger partial charge is 0.244 e. The summed E-state index contributed by atoms with van der Waals surface area (Å²) in [4.78, 5) is 4.15. The minimum Gasteiger partial charge on any atom is -0.308 e. The van der Waals surface area contributed by atoms with Gasteiger partial charge in [0.25, 0.3) is 0 Å². The lowest BCUT2D eigenvalue weighted by atomic mass is 10.4. The van der Waals surface area contributed by atoms with Gasteiger partial charge in [-0.25, -0.2) is 19.2 Å². The molecule has 2 rings (SSSR count). The minimum atomic E-state index is -3.43. The molecule has 1 aromatic rings. The number of nitrogens with one attached hydrogen (secondary N) is 1. The number of nitrogen functional groups attached to an aromatic ring is 1. The Morgan fingerprint density at radius 3 is 2.67 bits per heavy atom. The molecule has 18 heavy (non-hydrogen) atoms. The third-order valence-electron chi connectivity index (χ3n) is 3.03. The van der Waals surface area contributed by atoms with Gasteiger partial charge in [0.1, 0.15) is 10.7 Å². The summed E-state index contributed by atoms with van der Waals surface area (Å²) in [7, 11) is -3.43. The molecule has 6 nitrogen and oxygen atoms in total. The van der Waals surface area contributed by atoms with Crippen LogP contribution in [0, 0.1) is 5.92 Å². The molecule has 0 aliphatic heterocycles. The first-order chi connectivity index (χ1) is 8.57. The van der Waals surface area contributed by atoms with Crippen molar-refractivity contribution in [1.82, 2.24) is 9.29 Å². The number of hydrazine groups is 1. The fourth-order valence-corrected chi connectivity index (χ4v) is 3.22. The second kappa shape index (κ2) is 5.21. The van der Waals surface area contributed by atoms with Gasteiger partial charge in [-0.05, 0) is 30.9 Å². The van der Waals surface area contributed by atoms with E-state index in [1.54, 1.807) is 6.07 Å². The second-order valence-electron chi connectivity index (χ2n) is 4.42. The molecule has 0 saturated heterocycles. The maximum atomic E-state index is 12.4. The van der Waals surface area contributed by atoms with E-state index in [1.807, 2.05) is 6.92 Å². The number of nitrogens with zero attached hydrogens (tertiary/aromatic N) is 2. The van der Waals surface area contributed by atoms with Crippen molar-refractivity contribution in [2.75, 3.05) is 18.5 Å². The van der Waals surface area contributed by atoms with Crippen molar-refractivity contribution in [2.45, 2.75) is 24.7 Å². The number of nitrogens with two attached hydrogens (primary N) is 1. The Morgan fingerprint density at radius 1 is 1.50 bits per heavy atom. The lowest BCUT2D eigenvalue weighted by Crippen LogP contribution is -2.32. The van der Waals surface area contributed by atoms with Crippen molar-refractivity contribution in [3.63, 3.8) is 0 Å². The molecule has 0 bridgehead atoms. The van der Waals surface area contributed by atoms with E-state index < -0.39 is 10.0 Å². The maximum Gasteiger partial charge on any atom is 0.244 e. The number of hydrogen-bond donors (Lipinski definition) is 2. The normalized spacial score (nSPS) is 15.9. The van der Waals surface area contributed by atoms with Crippen LogP contribution in [0.1, 0.15) is 19.8 Å². The summed E-state index contributed by atoms with van der Waals surface area (Å²) in [6, 6.07) is 3.07. The average molecular weight is 270 g/mol. The van der Waals surface area contributed by atoms with Crippen LogP contribution in [-0.4, -0.2) is 30.8 Å². The van der Waals surface area contributed by atoms with Crippen LogP contribution < -0.4 is 11.3 Å². The van der Waals surface area contributed by atoms with Crippen molar-refractivity contribution in [3.8, 4) is 0 Å². The van der Waals surface area contributed by atoms with Crippen LogP contribution in [0.25, 0.3) is 0 Å². The first-order valence-electron chi connectivity index (χ1n) is 6.00. The van der Waals surface area contributed by atoms with E-state index in [0.29, 0.717) is 24.8 Å². The van der Waals surface area contributed by atoms with Gasteiger partial charge in [0.05, 0.1) is 0 Å². The Kier molecular flexibility index (Phi) is 3.84. The second-order valence-corrected chi connectivity index (χ2v) is 6.36. The molecular formula is C11H18N4O2S. The summed E-state index contributed by atoms with van der Waals surface area (Å²) >= 11 is 0. The number of anilines is 1. The first-order valence-corrected chi connectivity index (χ1v) is 7.44. The molecule has 1 aliphatic carbocycles. The minimum absolute atomic E-state index is 0.212. The van der Waals surface area contributed by atoms with E-state index in [2.05, 4.69) is 10.4 Å². The third kappa shape index (κ3) is 2.80. The van der Waals surface area contributed by atoms with Crippen molar-refractivity contribution >= 4 is 15.8 Å². The molecule has 1 fully saturated rings. The number of aromatic nitrogens is 1. The van der Waals surface area contributed by atoms with Crippen LogP contribution >= 0.6 is 0 Å². The van der Waals surface area contributed by atoms with Crippen LogP contribution in [0.4, 0.5) is 5.82 Å². The first kappa shape index (κ1) is 13.3. The lowest BCUT2D eigenvalue weighted by Gasteiger charge is -2.20. The number of pyridine rings is 1. The Hall–Kier alpha value is -1.18. The van der Waals surface area contributed by atoms with Crippen LogP contribution in [0.2, 0.25) is 0 Å². The third-order valence-corrected chi connectivity index (χ3v) is 4.96. The molecule has 1 aliphatic rings. The highest BCUT2D eigenvalue weighted by Gasteiger charge is 2.30. The molecule has 1 aromatic heterocycles. The Morgan fingerprint density at radius 2 is 2.22 bits per heavy atom. The fourth-order valence-electron chi connectivity index (χ4n) is 1.75. The van der Waals surface area contributed by atoms with Gasteiger partial charge in [0.15, 0.2) is 0 Å². The van der Waals surface area contributed by atoms with E-state index in [-0.39, 0.29) is 4.90 Å². The van der Waals surface area contributed by atoms with E-state index in [4.69, 9.17) is 5.84 Å². The molecule has 1 heterocycles. The summed E-state index contributed by atoms with van der Waals surface area (Å²) in [6.45, 7) is 2.94. The van der Waals surface area contributed by atoms with Gasteiger partial charge < -0.3 is 5.43 Å². The molecular weight excluding hydrogens is 252 g/mol. The molecule has 3 N–H and O–H groups in total. The van der Waals surface area contributed by atoms with Crippen molar-refractivity contribution in [1.29, 1.82) is 0 Å². The predicted molar refractivity (Wildman–Crippen MR) is 69.2 cm³/mol. The molecule has 0 amide bonds. The standard InChI is InChI=1S/C11H18N4O2S/c1-2-15(8-9-3-4-9)18(16,17)10-5-6-11(14-12)13-7-10/h5-7,9H,2-4,8,12H2,1H3,(H,13,14). The van der Waals surface area contributed by atoms with Gasteiger partial charge in [-0.1, -0.05) is 6.92 Å². The topological polar surface area (TPSA) is 88.3 Å². The van der Waals surface area contributed by atoms with Gasteiger partial charge in [-0.15, -0.1) is 0 Å². The molecule has 1 saturated carbocycles. The summed E-state index contributed by atoms with van der Waals surface area (Å²) in [5, 5.41) is 0. The molecule has 0 radical (unpaired) electrons. The molecule has 0 spiro atoms. The summed E-state index contributed by atoms with van der Waals surface area (Å²) in [5.74, 6) is 6.17. The zero-order chi connectivity index (χ0) is 13.2. The fraction of sp³-hybridized carbons (Fsp3) is 0.545. The van der Waals surface area contributed by atoms with Gasteiger partial charge in [0.2, 0.25) is 10.0 Å². The van der Waals surface area contributed by atoms with Crippen molar-refractivity contribution in [2.24, 2.45) is 11.8 Å². The Labute approximate surface area is 107 Å². The van der Waals surface area contributed by atoms with E-state index in [1.165, 1.54) is 16.6 Å². The van der Waals surface area contributed by atoms with Gasteiger partial charge >= 0.3 is 0 Å². The Balaban J connectivity index is 2.21. The molecule has 100 valence electrons. The van der Waals surface area contributed by atoms with Crippen LogP contribution in [0.5, 0.6) is 0 Å². The van der Waals surface area contributed by atoms with E-state index >= 15 is 0 Å². The maximum absolute atomic E-state index is 12.4. The number of rotatable bonds is 6. The van der Waals surface area contributed by atoms with E-state index in [9.17, 15) is 8.42 Å². The molecule has 7 heteroatoms. The number of sulfonamides is 1. The highest BCUT2D eigenvalue weighted by atomic mass is 32.2. The molecule has 0 aromatic carbocycles. The largest absolute Gasteiger partial charge is 0.308 e. The molecule has 0 unspecified atom stereocenters. The predicted octanol–water partition coefficient (Wildman–Crippen LogP) is 0.788. The summed E-state index contributed by atoms with van der Waals surface area (Å²) < 4.78 is 26.2. The lowest BCUT2D eigenvalue weighted by molar-refractivity contribution is 0.412.